The average Bonchev–Trinajstić information content (AvgIpc) is 2.80. The van der Waals surface area contributed by atoms with Gasteiger partial charge in [0.2, 0.25) is 0 Å². The molecule has 110 valence electrons. The molecule has 1 atom stereocenters. The van der Waals surface area contributed by atoms with Crippen molar-refractivity contribution in [2.75, 3.05) is 31.5 Å². The Hall–Kier alpha value is -1.46. The third-order valence-corrected chi connectivity index (χ3v) is 5.30. The topological polar surface area (TPSA) is 39.7 Å². The first kappa shape index (κ1) is 13.2. The molecular weight excluding hydrogens is 280 g/mol. The lowest BCUT2D eigenvalue weighted by molar-refractivity contribution is 0.357. The molecule has 4 rings (SSSR count). The van der Waals surface area contributed by atoms with Crippen molar-refractivity contribution in [1.82, 2.24) is 10.2 Å². The second-order valence-electron chi connectivity index (χ2n) is 5.75. The second-order valence-corrected chi connectivity index (χ2v) is 7.20. The first-order valence-corrected chi connectivity index (χ1v) is 8.50. The summed E-state index contributed by atoms with van der Waals surface area (Å²) in [4.78, 5) is 7.46. The summed E-state index contributed by atoms with van der Waals surface area (Å²) < 4.78 is 0. The Kier molecular flexibility index (Phi) is 3.39. The van der Waals surface area contributed by atoms with Crippen molar-refractivity contribution in [2.24, 2.45) is 4.99 Å². The molecule has 0 spiro atoms. The number of aliphatic imine (C=N–C) groups is 1. The summed E-state index contributed by atoms with van der Waals surface area (Å²) in [6.45, 7) is 6.45. The lowest BCUT2D eigenvalue weighted by atomic mass is 10.1. The van der Waals surface area contributed by atoms with Gasteiger partial charge in [-0.25, -0.2) is 4.99 Å². The highest BCUT2D eigenvalue weighted by Gasteiger charge is 2.31. The third kappa shape index (κ3) is 2.45. The van der Waals surface area contributed by atoms with Crippen LogP contribution in [0.3, 0.4) is 0 Å². The number of hydrogen-bond acceptors (Lipinski definition) is 5. The van der Waals surface area contributed by atoms with E-state index in [2.05, 4.69) is 46.7 Å². The molecule has 1 aromatic carbocycles. The van der Waals surface area contributed by atoms with Gasteiger partial charge in [0.25, 0.3) is 0 Å². The van der Waals surface area contributed by atoms with E-state index in [1.807, 2.05) is 11.8 Å². The Morgan fingerprint density at radius 1 is 1.24 bits per heavy atom. The maximum absolute atomic E-state index is 5.02. The van der Waals surface area contributed by atoms with E-state index in [1.54, 1.807) is 0 Å². The molecule has 1 aromatic rings. The molecule has 1 fully saturated rings. The molecule has 4 nitrogen and oxygen atoms in total. The van der Waals surface area contributed by atoms with Crippen LogP contribution in [0.4, 0.5) is 11.4 Å². The van der Waals surface area contributed by atoms with Gasteiger partial charge >= 0.3 is 0 Å². The van der Waals surface area contributed by atoms with E-state index in [9.17, 15) is 0 Å². The summed E-state index contributed by atoms with van der Waals surface area (Å²) in [6, 6.07) is 8.35. The van der Waals surface area contributed by atoms with E-state index in [0.29, 0.717) is 5.25 Å². The number of fused-ring (bicyclic) bond motifs is 1. The second kappa shape index (κ2) is 5.39. The van der Waals surface area contributed by atoms with Crippen LogP contribution >= 0.6 is 11.8 Å². The van der Waals surface area contributed by atoms with E-state index in [-0.39, 0.29) is 0 Å². The van der Waals surface area contributed by atoms with Crippen molar-refractivity contribution in [3.63, 3.8) is 0 Å². The standard InChI is InChI=1S/C16H20N4S/c1-11-10-12-15(20-8-6-17-7-9-20)18-13-4-2-3-5-14(13)19-16(12)21-11/h2-5,11,17,19H,6-10H2,1H3. The van der Waals surface area contributed by atoms with E-state index in [0.717, 1.165) is 44.0 Å². The number of nitrogens with zero attached hydrogens (tertiary/aromatic N) is 2. The van der Waals surface area contributed by atoms with Crippen LogP contribution in [0.1, 0.15) is 13.3 Å². The number of amidine groups is 1. The quantitative estimate of drug-likeness (QED) is 0.773. The third-order valence-electron chi connectivity index (χ3n) is 4.15. The first-order valence-electron chi connectivity index (χ1n) is 7.62. The Morgan fingerprint density at radius 3 is 2.90 bits per heavy atom. The summed E-state index contributed by atoms with van der Waals surface area (Å²) in [6.07, 6.45) is 1.10. The van der Waals surface area contributed by atoms with Crippen molar-refractivity contribution in [2.45, 2.75) is 18.6 Å². The molecule has 21 heavy (non-hydrogen) atoms. The van der Waals surface area contributed by atoms with Crippen molar-refractivity contribution in [3.8, 4) is 0 Å². The SMILES string of the molecule is CC1CC2=C(Nc3ccccc3N=C2N2CCNCC2)S1. The zero-order valence-corrected chi connectivity index (χ0v) is 13.0. The molecule has 0 bridgehead atoms. The van der Waals surface area contributed by atoms with Crippen molar-refractivity contribution >= 4 is 29.0 Å². The minimum atomic E-state index is 0.626. The smallest absolute Gasteiger partial charge is 0.135 e. The minimum absolute atomic E-state index is 0.626. The number of nitrogens with one attached hydrogen (secondary N) is 2. The van der Waals surface area contributed by atoms with Crippen LogP contribution in [0.5, 0.6) is 0 Å². The fraction of sp³-hybridized carbons (Fsp3) is 0.438. The number of hydrogen-bond donors (Lipinski definition) is 2. The Balaban J connectivity index is 1.79. The molecule has 5 heteroatoms. The molecule has 2 N–H and O–H groups in total. The van der Waals surface area contributed by atoms with Crippen LogP contribution in [-0.2, 0) is 0 Å². The van der Waals surface area contributed by atoms with Crippen LogP contribution in [0.25, 0.3) is 0 Å². The van der Waals surface area contributed by atoms with Crippen LogP contribution in [-0.4, -0.2) is 42.2 Å². The predicted molar refractivity (Wildman–Crippen MR) is 90.3 cm³/mol. The molecule has 3 aliphatic heterocycles. The number of para-hydroxylation sites is 2. The van der Waals surface area contributed by atoms with Crippen LogP contribution < -0.4 is 10.6 Å². The summed E-state index contributed by atoms with van der Waals surface area (Å²) in [5.41, 5.74) is 3.57. The molecular formula is C16H20N4S. The van der Waals surface area contributed by atoms with Crippen LogP contribution in [0.2, 0.25) is 0 Å². The number of thioether (sulfide) groups is 1. The normalized spacial score (nSPS) is 24.9. The average molecular weight is 300 g/mol. The fourth-order valence-electron chi connectivity index (χ4n) is 3.11. The van der Waals surface area contributed by atoms with Gasteiger partial charge in [0.05, 0.1) is 16.4 Å². The van der Waals surface area contributed by atoms with E-state index in [4.69, 9.17) is 4.99 Å². The minimum Gasteiger partial charge on any atom is -0.354 e. The van der Waals surface area contributed by atoms with Gasteiger partial charge in [-0.05, 0) is 18.6 Å². The number of anilines is 1. The molecule has 0 aliphatic carbocycles. The first-order chi connectivity index (χ1) is 10.3. The zero-order chi connectivity index (χ0) is 14.2. The van der Waals surface area contributed by atoms with Crippen molar-refractivity contribution < 1.29 is 0 Å². The molecule has 0 radical (unpaired) electrons. The molecule has 1 saturated heterocycles. The number of rotatable bonds is 0. The van der Waals surface area contributed by atoms with Gasteiger partial charge in [0, 0.05) is 37.0 Å². The molecule has 0 aromatic heterocycles. The Labute approximate surface area is 129 Å². The lowest BCUT2D eigenvalue weighted by Crippen LogP contribution is -2.47. The highest BCUT2D eigenvalue weighted by Crippen LogP contribution is 2.43. The predicted octanol–water partition coefficient (Wildman–Crippen LogP) is 2.78. The van der Waals surface area contributed by atoms with Gasteiger partial charge in [-0.1, -0.05) is 19.1 Å². The molecule has 3 aliphatic rings. The van der Waals surface area contributed by atoms with Crippen LogP contribution in [0.15, 0.2) is 39.9 Å². The fourth-order valence-corrected chi connectivity index (χ4v) is 4.25. The maximum Gasteiger partial charge on any atom is 0.135 e. The van der Waals surface area contributed by atoms with E-state index in [1.165, 1.54) is 16.4 Å². The monoisotopic (exact) mass is 300 g/mol. The van der Waals surface area contributed by atoms with Crippen molar-refractivity contribution in [1.29, 1.82) is 0 Å². The highest BCUT2D eigenvalue weighted by atomic mass is 32.2. The summed E-state index contributed by atoms with van der Waals surface area (Å²) in [5.74, 6) is 1.18. The van der Waals surface area contributed by atoms with Gasteiger partial charge in [-0.3, -0.25) is 0 Å². The lowest BCUT2D eigenvalue weighted by Gasteiger charge is -2.31. The van der Waals surface area contributed by atoms with Gasteiger partial charge in [-0.15, -0.1) is 11.8 Å². The van der Waals surface area contributed by atoms with E-state index >= 15 is 0 Å². The largest absolute Gasteiger partial charge is 0.354 e. The van der Waals surface area contributed by atoms with Gasteiger partial charge in [0.15, 0.2) is 0 Å². The number of benzene rings is 1. The van der Waals surface area contributed by atoms with Crippen LogP contribution in [0, 0.1) is 0 Å². The van der Waals surface area contributed by atoms with Gasteiger partial charge < -0.3 is 15.5 Å². The highest BCUT2D eigenvalue weighted by molar-refractivity contribution is 8.04. The molecule has 0 amide bonds. The Bertz CT molecular complexity index is 616. The summed E-state index contributed by atoms with van der Waals surface area (Å²) in [7, 11) is 0. The summed E-state index contributed by atoms with van der Waals surface area (Å²) in [5, 5.41) is 8.95. The Morgan fingerprint density at radius 2 is 2.05 bits per heavy atom. The van der Waals surface area contributed by atoms with Gasteiger partial charge in [-0.2, -0.15) is 0 Å². The molecule has 3 heterocycles. The molecule has 1 unspecified atom stereocenters. The zero-order valence-electron chi connectivity index (χ0n) is 12.2. The summed E-state index contributed by atoms with van der Waals surface area (Å²) >= 11 is 1.94. The van der Waals surface area contributed by atoms with E-state index < -0.39 is 0 Å². The molecule has 0 saturated carbocycles. The van der Waals surface area contributed by atoms with Gasteiger partial charge in [0.1, 0.15) is 5.84 Å². The number of piperazine rings is 1. The maximum atomic E-state index is 5.02. The van der Waals surface area contributed by atoms with Crippen molar-refractivity contribution in [3.05, 3.63) is 34.9 Å².